The van der Waals surface area contributed by atoms with Crippen LogP contribution >= 0.6 is 0 Å². The van der Waals surface area contributed by atoms with E-state index in [1.54, 1.807) is 0 Å². The molecule has 1 heterocycles. The van der Waals surface area contributed by atoms with E-state index >= 15 is 0 Å². The van der Waals surface area contributed by atoms with Gasteiger partial charge in [0.1, 0.15) is 0 Å². The standard InChI is InChI=1S/C18H31N3O2/c22-13-14-8-9-15(11-14)19-18(23)20-16-5-4-10-21(12-16)17-6-2-1-3-7-17/h8-9,14-17,22H,1-7,10-13H2,(H2,19,20,23)/t14-,15+,16?/m0/s1. The van der Waals surface area contributed by atoms with Crippen molar-refractivity contribution < 1.29 is 9.90 Å². The van der Waals surface area contributed by atoms with Crippen molar-refractivity contribution in [3.05, 3.63) is 12.2 Å². The zero-order valence-electron chi connectivity index (χ0n) is 14.0. The zero-order valence-corrected chi connectivity index (χ0v) is 14.0. The molecule has 0 aromatic rings. The quantitative estimate of drug-likeness (QED) is 0.694. The number of aliphatic hydroxyl groups excluding tert-OH is 1. The third-order valence-corrected chi connectivity index (χ3v) is 5.60. The minimum Gasteiger partial charge on any atom is -0.396 e. The minimum atomic E-state index is -0.0614. The smallest absolute Gasteiger partial charge is 0.315 e. The third-order valence-electron chi connectivity index (χ3n) is 5.60. The summed E-state index contributed by atoms with van der Waals surface area (Å²) in [5.41, 5.74) is 0. The SMILES string of the molecule is O=C(NC1CCCN(C2CCCCC2)C1)N[C@@H]1C=C[C@H](CO)C1. The maximum Gasteiger partial charge on any atom is 0.315 e. The zero-order chi connectivity index (χ0) is 16.1. The molecule has 1 unspecified atom stereocenters. The van der Waals surface area contributed by atoms with Crippen LogP contribution in [0.2, 0.25) is 0 Å². The fourth-order valence-corrected chi connectivity index (χ4v) is 4.31. The highest BCUT2D eigenvalue weighted by atomic mass is 16.3. The summed E-state index contributed by atoms with van der Waals surface area (Å²) in [5, 5.41) is 15.3. The van der Waals surface area contributed by atoms with Crippen LogP contribution in [0.3, 0.4) is 0 Å². The van der Waals surface area contributed by atoms with Gasteiger partial charge in [-0.1, -0.05) is 31.4 Å². The highest BCUT2D eigenvalue weighted by molar-refractivity contribution is 5.75. The van der Waals surface area contributed by atoms with Crippen molar-refractivity contribution in [3.63, 3.8) is 0 Å². The molecule has 3 rings (SSSR count). The van der Waals surface area contributed by atoms with E-state index in [2.05, 4.69) is 15.5 Å². The Bertz CT molecular complexity index is 420. The average Bonchev–Trinajstić information content (AvgIpc) is 3.03. The number of rotatable bonds is 4. The highest BCUT2D eigenvalue weighted by Crippen LogP contribution is 2.25. The van der Waals surface area contributed by atoms with Gasteiger partial charge >= 0.3 is 6.03 Å². The number of carbonyl (C=O) groups is 1. The average molecular weight is 321 g/mol. The second kappa shape index (κ2) is 8.15. The van der Waals surface area contributed by atoms with Crippen LogP contribution in [0.25, 0.3) is 0 Å². The van der Waals surface area contributed by atoms with Gasteiger partial charge in [-0.3, -0.25) is 4.90 Å². The molecule has 2 amide bonds. The van der Waals surface area contributed by atoms with Gasteiger partial charge in [0.2, 0.25) is 0 Å². The maximum absolute atomic E-state index is 12.2. The second-order valence-electron chi connectivity index (χ2n) is 7.41. The molecule has 5 heteroatoms. The van der Waals surface area contributed by atoms with Gasteiger partial charge in [0.15, 0.2) is 0 Å². The Morgan fingerprint density at radius 2 is 1.91 bits per heavy atom. The Kier molecular flexibility index (Phi) is 5.95. The van der Waals surface area contributed by atoms with Crippen LogP contribution in [0.5, 0.6) is 0 Å². The van der Waals surface area contributed by atoms with Gasteiger partial charge in [0.05, 0.1) is 0 Å². The van der Waals surface area contributed by atoms with E-state index in [9.17, 15) is 4.79 Å². The lowest BCUT2D eigenvalue weighted by molar-refractivity contribution is 0.112. The van der Waals surface area contributed by atoms with Crippen molar-refractivity contribution in [1.29, 1.82) is 0 Å². The topological polar surface area (TPSA) is 64.6 Å². The summed E-state index contributed by atoms with van der Waals surface area (Å²) in [6.07, 6.45) is 13.8. The normalized spacial score (nSPS) is 32.8. The van der Waals surface area contributed by atoms with E-state index in [1.165, 1.54) is 45.1 Å². The Morgan fingerprint density at radius 3 is 2.65 bits per heavy atom. The maximum atomic E-state index is 12.2. The molecule has 0 aromatic carbocycles. The summed E-state index contributed by atoms with van der Waals surface area (Å²) in [5.74, 6) is 0.191. The van der Waals surface area contributed by atoms with Crippen molar-refractivity contribution in [3.8, 4) is 0 Å². The highest BCUT2D eigenvalue weighted by Gasteiger charge is 2.28. The molecule has 3 atom stereocenters. The molecule has 1 aliphatic heterocycles. The lowest BCUT2D eigenvalue weighted by atomic mass is 9.92. The van der Waals surface area contributed by atoms with Crippen LogP contribution in [0.15, 0.2) is 12.2 Å². The van der Waals surface area contributed by atoms with E-state index in [1.807, 2.05) is 12.2 Å². The predicted molar refractivity (Wildman–Crippen MR) is 91.3 cm³/mol. The first-order valence-corrected chi connectivity index (χ1v) is 9.35. The molecule has 0 bridgehead atoms. The summed E-state index contributed by atoms with van der Waals surface area (Å²) in [4.78, 5) is 14.8. The van der Waals surface area contributed by atoms with E-state index in [-0.39, 0.29) is 30.6 Å². The first-order chi connectivity index (χ1) is 11.2. The number of nitrogens with zero attached hydrogens (tertiary/aromatic N) is 1. The second-order valence-corrected chi connectivity index (χ2v) is 7.41. The number of piperidine rings is 1. The molecule has 3 N–H and O–H groups in total. The van der Waals surface area contributed by atoms with Crippen molar-refractivity contribution >= 4 is 6.03 Å². The van der Waals surface area contributed by atoms with Gasteiger partial charge < -0.3 is 15.7 Å². The molecule has 2 aliphatic carbocycles. The Labute approximate surface area is 139 Å². The monoisotopic (exact) mass is 321 g/mol. The van der Waals surface area contributed by atoms with Gasteiger partial charge in [-0.2, -0.15) is 0 Å². The summed E-state index contributed by atoms with van der Waals surface area (Å²) in [7, 11) is 0. The largest absolute Gasteiger partial charge is 0.396 e. The molecule has 0 aromatic heterocycles. The molecular weight excluding hydrogens is 290 g/mol. The molecule has 23 heavy (non-hydrogen) atoms. The van der Waals surface area contributed by atoms with Crippen molar-refractivity contribution in [2.24, 2.45) is 5.92 Å². The Hall–Kier alpha value is -1.07. The number of likely N-dealkylation sites (tertiary alicyclic amines) is 1. The summed E-state index contributed by atoms with van der Waals surface area (Å²) >= 11 is 0. The minimum absolute atomic E-state index is 0.0604. The number of urea groups is 1. The molecule has 1 saturated carbocycles. The molecule has 1 saturated heterocycles. The first kappa shape index (κ1) is 16.8. The third kappa shape index (κ3) is 4.70. The van der Waals surface area contributed by atoms with Crippen LogP contribution in [0.1, 0.15) is 51.4 Å². The van der Waals surface area contributed by atoms with Crippen molar-refractivity contribution in [2.45, 2.75) is 69.5 Å². The van der Waals surface area contributed by atoms with Crippen LogP contribution in [-0.4, -0.2) is 53.9 Å². The lowest BCUT2D eigenvalue weighted by Gasteiger charge is -2.40. The molecule has 0 radical (unpaired) electrons. The fourth-order valence-electron chi connectivity index (χ4n) is 4.31. The van der Waals surface area contributed by atoms with E-state index in [0.29, 0.717) is 0 Å². The molecular formula is C18H31N3O2. The molecule has 3 aliphatic rings. The van der Waals surface area contributed by atoms with E-state index in [4.69, 9.17) is 5.11 Å². The van der Waals surface area contributed by atoms with Crippen molar-refractivity contribution in [1.82, 2.24) is 15.5 Å². The van der Waals surface area contributed by atoms with Crippen LogP contribution in [0.4, 0.5) is 4.79 Å². The molecule has 5 nitrogen and oxygen atoms in total. The summed E-state index contributed by atoms with van der Waals surface area (Å²) in [6.45, 7) is 2.35. The van der Waals surface area contributed by atoms with Gasteiger partial charge in [-0.05, 0) is 38.6 Å². The number of amides is 2. The van der Waals surface area contributed by atoms with E-state index in [0.717, 1.165) is 25.4 Å². The number of nitrogens with one attached hydrogen (secondary N) is 2. The van der Waals surface area contributed by atoms with Crippen LogP contribution in [-0.2, 0) is 0 Å². The van der Waals surface area contributed by atoms with Crippen molar-refractivity contribution in [2.75, 3.05) is 19.7 Å². The summed E-state index contributed by atoms with van der Waals surface area (Å²) in [6, 6.07) is 1.00. The van der Waals surface area contributed by atoms with E-state index < -0.39 is 0 Å². The molecule has 0 spiro atoms. The van der Waals surface area contributed by atoms with Crippen LogP contribution in [0, 0.1) is 5.92 Å². The Balaban J connectivity index is 1.42. The lowest BCUT2D eigenvalue weighted by Crippen LogP contribution is -2.54. The first-order valence-electron chi connectivity index (χ1n) is 9.35. The number of hydrogen-bond acceptors (Lipinski definition) is 3. The summed E-state index contributed by atoms with van der Waals surface area (Å²) < 4.78 is 0. The van der Waals surface area contributed by atoms with Crippen LogP contribution < -0.4 is 10.6 Å². The van der Waals surface area contributed by atoms with Gasteiger partial charge in [-0.25, -0.2) is 4.79 Å². The number of hydrogen-bond donors (Lipinski definition) is 3. The van der Waals surface area contributed by atoms with Gasteiger partial charge in [-0.15, -0.1) is 0 Å². The fraction of sp³-hybridized carbons (Fsp3) is 0.833. The predicted octanol–water partition coefficient (Wildman–Crippen LogP) is 2.02. The van der Waals surface area contributed by atoms with Gasteiger partial charge in [0, 0.05) is 37.2 Å². The Morgan fingerprint density at radius 1 is 1.09 bits per heavy atom. The molecule has 2 fully saturated rings. The molecule has 130 valence electrons. The number of carbonyl (C=O) groups excluding carboxylic acids is 1. The number of aliphatic hydroxyl groups is 1. The van der Waals surface area contributed by atoms with Gasteiger partial charge in [0.25, 0.3) is 0 Å².